The molecule has 1 N–H and O–H groups in total. The predicted octanol–water partition coefficient (Wildman–Crippen LogP) is 4.27. The Kier molecular flexibility index (Phi) is 5.21. The lowest BCUT2D eigenvalue weighted by Gasteiger charge is -2.30. The Balaban J connectivity index is 1.66. The molecule has 0 aliphatic carbocycles. The molecule has 0 bridgehead atoms. The van der Waals surface area contributed by atoms with Gasteiger partial charge >= 0.3 is 0 Å². The number of aromatic nitrogens is 2. The van der Waals surface area contributed by atoms with Gasteiger partial charge in [-0.2, -0.15) is 0 Å². The van der Waals surface area contributed by atoms with Gasteiger partial charge in [0, 0.05) is 18.1 Å². The van der Waals surface area contributed by atoms with Gasteiger partial charge in [-0.25, -0.2) is 9.97 Å². The minimum Gasteiger partial charge on any atom is -0.341 e. The van der Waals surface area contributed by atoms with Gasteiger partial charge in [-0.15, -0.1) is 0 Å². The summed E-state index contributed by atoms with van der Waals surface area (Å²) in [6.07, 6.45) is 5.53. The van der Waals surface area contributed by atoms with Crippen molar-refractivity contribution in [2.75, 3.05) is 23.3 Å². The lowest BCUT2D eigenvalue weighted by atomic mass is 10.00. The second-order valence-electron chi connectivity index (χ2n) is 6.02. The Morgan fingerprint density at radius 1 is 1.21 bits per heavy atom. The Bertz CT molecular complexity index is 728. The SMILES string of the molecule is CC1CCN(c2ncc(NC(=O)c3ccc(Cl)cc3Cl)cn2)CC1. The Labute approximate surface area is 151 Å². The van der Waals surface area contributed by atoms with Crippen molar-refractivity contribution in [2.45, 2.75) is 19.8 Å². The molecule has 1 aromatic carbocycles. The van der Waals surface area contributed by atoms with Crippen LogP contribution in [0.2, 0.25) is 10.0 Å². The van der Waals surface area contributed by atoms with Gasteiger partial charge in [0.15, 0.2) is 0 Å². The van der Waals surface area contributed by atoms with Gasteiger partial charge in [-0.3, -0.25) is 4.79 Å². The standard InChI is InChI=1S/C17H18Cl2N4O/c1-11-4-6-23(7-5-11)17-20-9-13(10-21-17)22-16(24)14-3-2-12(18)8-15(14)19/h2-3,8-11H,4-7H2,1H3,(H,22,24). The van der Waals surface area contributed by atoms with Gasteiger partial charge < -0.3 is 10.2 Å². The highest BCUT2D eigenvalue weighted by Crippen LogP contribution is 2.23. The number of hydrogen-bond donors (Lipinski definition) is 1. The molecule has 3 rings (SSSR count). The van der Waals surface area contributed by atoms with Gasteiger partial charge in [0.1, 0.15) is 0 Å². The molecule has 1 fully saturated rings. The van der Waals surface area contributed by atoms with E-state index in [1.807, 2.05) is 0 Å². The third kappa shape index (κ3) is 3.97. The molecule has 1 saturated heterocycles. The number of carbonyl (C=O) groups is 1. The van der Waals surface area contributed by atoms with Crippen LogP contribution in [0.3, 0.4) is 0 Å². The molecule has 0 unspecified atom stereocenters. The van der Waals surface area contributed by atoms with Crippen LogP contribution in [0.1, 0.15) is 30.1 Å². The highest BCUT2D eigenvalue weighted by atomic mass is 35.5. The van der Waals surface area contributed by atoms with Crippen molar-refractivity contribution in [1.82, 2.24) is 9.97 Å². The van der Waals surface area contributed by atoms with E-state index in [2.05, 4.69) is 27.1 Å². The van der Waals surface area contributed by atoms with Crippen LogP contribution in [-0.2, 0) is 0 Å². The summed E-state index contributed by atoms with van der Waals surface area (Å²) in [6, 6.07) is 4.75. The van der Waals surface area contributed by atoms with Crippen LogP contribution in [0.5, 0.6) is 0 Å². The second-order valence-corrected chi connectivity index (χ2v) is 6.86. The Hall–Kier alpha value is -1.85. The summed E-state index contributed by atoms with van der Waals surface area (Å²) in [5.74, 6) is 1.13. The quantitative estimate of drug-likeness (QED) is 0.883. The molecular weight excluding hydrogens is 347 g/mol. The van der Waals surface area contributed by atoms with Crippen molar-refractivity contribution in [2.24, 2.45) is 5.92 Å². The molecule has 1 aliphatic rings. The first-order valence-corrected chi connectivity index (χ1v) is 8.62. The van der Waals surface area contributed by atoms with Gasteiger partial charge in [0.05, 0.1) is 28.7 Å². The normalized spacial score (nSPS) is 15.4. The minimum absolute atomic E-state index is 0.306. The smallest absolute Gasteiger partial charge is 0.257 e. The maximum absolute atomic E-state index is 12.3. The number of halogens is 2. The second kappa shape index (κ2) is 7.36. The molecule has 0 spiro atoms. The molecule has 7 heteroatoms. The number of hydrogen-bond acceptors (Lipinski definition) is 4. The van der Waals surface area contributed by atoms with E-state index >= 15 is 0 Å². The monoisotopic (exact) mass is 364 g/mol. The number of benzene rings is 1. The molecule has 0 radical (unpaired) electrons. The number of nitrogens with one attached hydrogen (secondary N) is 1. The molecule has 2 aromatic rings. The van der Waals surface area contributed by atoms with Crippen LogP contribution in [0, 0.1) is 5.92 Å². The molecule has 0 atom stereocenters. The topological polar surface area (TPSA) is 58.1 Å². The van der Waals surface area contributed by atoms with E-state index in [9.17, 15) is 4.79 Å². The first kappa shape index (κ1) is 17.0. The van der Waals surface area contributed by atoms with Crippen LogP contribution in [0.4, 0.5) is 11.6 Å². The van der Waals surface area contributed by atoms with Crippen molar-refractivity contribution < 1.29 is 4.79 Å². The zero-order valence-corrected chi connectivity index (χ0v) is 14.8. The Morgan fingerprint density at radius 2 is 1.88 bits per heavy atom. The summed E-state index contributed by atoms with van der Waals surface area (Å²) in [5, 5.41) is 3.54. The van der Waals surface area contributed by atoms with Crippen LogP contribution in [-0.4, -0.2) is 29.0 Å². The van der Waals surface area contributed by atoms with E-state index in [0.717, 1.165) is 31.8 Å². The first-order valence-electron chi connectivity index (χ1n) is 7.86. The van der Waals surface area contributed by atoms with E-state index in [-0.39, 0.29) is 5.91 Å². The van der Waals surface area contributed by atoms with E-state index in [0.29, 0.717) is 27.2 Å². The lowest BCUT2D eigenvalue weighted by molar-refractivity contribution is 0.102. The molecule has 5 nitrogen and oxygen atoms in total. The lowest BCUT2D eigenvalue weighted by Crippen LogP contribution is -2.34. The first-order chi connectivity index (χ1) is 11.5. The molecule has 1 aliphatic heterocycles. The minimum atomic E-state index is -0.320. The summed E-state index contributed by atoms with van der Waals surface area (Å²) < 4.78 is 0. The van der Waals surface area contributed by atoms with Crippen LogP contribution in [0.15, 0.2) is 30.6 Å². The van der Waals surface area contributed by atoms with Crippen molar-refractivity contribution in [1.29, 1.82) is 0 Å². The molecule has 2 heterocycles. The third-order valence-electron chi connectivity index (χ3n) is 4.14. The summed E-state index contributed by atoms with van der Waals surface area (Å²) in [6.45, 7) is 4.19. The summed E-state index contributed by atoms with van der Waals surface area (Å²) >= 11 is 11.9. The van der Waals surface area contributed by atoms with E-state index < -0.39 is 0 Å². The van der Waals surface area contributed by atoms with Crippen molar-refractivity contribution in [3.8, 4) is 0 Å². The zero-order valence-electron chi connectivity index (χ0n) is 13.3. The van der Waals surface area contributed by atoms with Gasteiger partial charge in [-0.05, 0) is 37.0 Å². The van der Waals surface area contributed by atoms with Crippen molar-refractivity contribution in [3.63, 3.8) is 0 Å². The number of carbonyl (C=O) groups excluding carboxylic acids is 1. The molecule has 1 amide bonds. The maximum atomic E-state index is 12.3. The van der Waals surface area contributed by atoms with E-state index in [1.165, 1.54) is 6.07 Å². The fourth-order valence-corrected chi connectivity index (χ4v) is 3.12. The predicted molar refractivity (Wildman–Crippen MR) is 97.1 cm³/mol. The molecule has 1 aromatic heterocycles. The molecule has 126 valence electrons. The summed E-state index contributed by atoms with van der Waals surface area (Å²) in [5.41, 5.74) is 0.885. The van der Waals surface area contributed by atoms with E-state index in [1.54, 1.807) is 24.5 Å². The van der Waals surface area contributed by atoms with Gasteiger partial charge in [0.25, 0.3) is 5.91 Å². The molecule has 24 heavy (non-hydrogen) atoms. The van der Waals surface area contributed by atoms with E-state index in [4.69, 9.17) is 23.2 Å². The zero-order chi connectivity index (χ0) is 17.1. The van der Waals surface area contributed by atoms with Crippen LogP contribution in [0.25, 0.3) is 0 Å². The molecule has 0 saturated carbocycles. The van der Waals surface area contributed by atoms with Crippen molar-refractivity contribution >= 4 is 40.7 Å². The largest absolute Gasteiger partial charge is 0.341 e. The molecular formula is C17H18Cl2N4O. The Morgan fingerprint density at radius 3 is 2.50 bits per heavy atom. The third-order valence-corrected chi connectivity index (χ3v) is 4.69. The number of amides is 1. The summed E-state index contributed by atoms with van der Waals surface area (Å²) in [7, 11) is 0. The van der Waals surface area contributed by atoms with Crippen molar-refractivity contribution in [3.05, 3.63) is 46.2 Å². The van der Waals surface area contributed by atoms with Gasteiger partial charge in [-0.1, -0.05) is 30.1 Å². The average Bonchev–Trinajstić information content (AvgIpc) is 2.56. The number of anilines is 2. The van der Waals surface area contributed by atoms with Gasteiger partial charge in [0.2, 0.25) is 5.95 Å². The number of nitrogens with zero attached hydrogens (tertiary/aromatic N) is 3. The van der Waals surface area contributed by atoms with Crippen LogP contribution >= 0.6 is 23.2 Å². The number of piperidine rings is 1. The van der Waals surface area contributed by atoms with Crippen LogP contribution < -0.4 is 10.2 Å². The highest BCUT2D eigenvalue weighted by Gasteiger charge is 2.18. The summed E-state index contributed by atoms with van der Waals surface area (Å²) in [4.78, 5) is 23.1. The fraction of sp³-hybridized carbons (Fsp3) is 0.353. The number of rotatable bonds is 3. The highest BCUT2D eigenvalue weighted by molar-refractivity contribution is 6.37. The maximum Gasteiger partial charge on any atom is 0.257 e. The average molecular weight is 365 g/mol. The fourth-order valence-electron chi connectivity index (χ4n) is 2.63.